The lowest BCUT2D eigenvalue weighted by Gasteiger charge is -2.26. The van der Waals surface area contributed by atoms with Crippen molar-refractivity contribution >= 4 is 0 Å². The van der Waals surface area contributed by atoms with Crippen molar-refractivity contribution in [1.82, 2.24) is 9.88 Å². The molecular formula is C21H22N2O2. The Morgan fingerprint density at radius 1 is 0.840 bits per heavy atom. The molecule has 0 aliphatic carbocycles. The number of benzene rings is 2. The largest absolute Gasteiger partial charge is 0.440 e. The maximum atomic E-state index is 6.18. The fraction of sp³-hybridized carbons (Fsp3) is 0.286. The molecule has 1 aromatic heterocycles. The van der Waals surface area contributed by atoms with Gasteiger partial charge in [0.25, 0.3) is 0 Å². The first-order valence-corrected chi connectivity index (χ1v) is 8.81. The van der Waals surface area contributed by atoms with E-state index >= 15 is 0 Å². The molecule has 4 rings (SSSR count). The van der Waals surface area contributed by atoms with Crippen LogP contribution in [0.1, 0.15) is 5.76 Å². The number of hydrogen-bond acceptors (Lipinski definition) is 4. The van der Waals surface area contributed by atoms with E-state index in [4.69, 9.17) is 14.1 Å². The average molecular weight is 334 g/mol. The van der Waals surface area contributed by atoms with Gasteiger partial charge in [-0.25, -0.2) is 4.98 Å². The van der Waals surface area contributed by atoms with Crippen LogP contribution < -0.4 is 0 Å². The topological polar surface area (TPSA) is 38.5 Å². The van der Waals surface area contributed by atoms with Gasteiger partial charge in [0.05, 0.1) is 13.2 Å². The van der Waals surface area contributed by atoms with Gasteiger partial charge in [-0.05, 0) is 12.1 Å². The summed E-state index contributed by atoms with van der Waals surface area (Å²) in [7, 11) is 0. The van der Waals surface area contributed by atoms with Gasteiger partial charge in [0.2, 0.25) is 5.89 Å². The molecule has 0 saturated carbocycles. The molecule has 0 unspecified atom stereocenters. The molecule has 0 bridgehead atoms. The summed E-state index contributed by atoms with van der Waals surface area (Å²) < 4.78 is 11.6. The van der Waals surface area contributed by atoms with Gasteiger partial charge in [-0.1, -0.05) is 48.5 Å². The molecule has 3 aromatic rings. The van der Waals surface area contributed by atoms with E-state index in [-0.39, 0.29) is 0 Å². The molecule has 0 radical (unpaired) electrons. The summed E-state index contributed by atoms with van der Waals surface area (Å²) in [6.07, 6.45) is 0.851. The van der Waals surface area contributed by atoms with Crippen LogP contribution in [0.25, 0.3) is 22.7 Å². The summed E-state index contributed by atoms with van der Waals surface area (Å²) in [5.74, 6) is 1.65. The molecule has 0 amide bonds. The minimum absolute atomic E-state index is 0.691. The van der Waals surface area contributed by atoms with Crippen molar-refractivity contribution in [1.29, 1.82) is 0 Å². The Labute approximate surface area is 148 Å². The smallest absolute Gasteiger partial charge is 0.226 e. The lowest BCUT2D eigenvalue weighted by Crippen LogP contribution is -2.37. The lowest BCUT2D eigenvalue weighted by molar-refractivity contribution is 0.0379. The molecule has 0 atom stereocenters. The fourth-order valence-corrected chi connectivity index (χ4v) is 3.13. The molecule has 128 valence electrons. The highest BCUT2D eigenvalue weighted by Crippen LogP contribution is 2.29. The van der Waals surface area contributed by atoms with E-state index in [2.05, 4.69) is 17.0 Å². The van der Waals surface area contributed by atoms with E-state index < -0.39 is 0 Å². The summed E-state index contributed by atoms with van der Waals surface area (Å²) in [6, 6.07) is 20.4. The average Bonchev–Trinajstić information content (AvgIpc) is 3.13. The summed E-state index contributed by atoms with van der Waals surface area (Å²) >= 11 is 0. The molecular weight excluding hydrogens is 312 g/mol. The quantitative estimate of drug-likeness (QED) is 0.710. The Kier molecular flexibility index (Phi) is 4.91. The van der Waals surface area contributed by atoms with Gasteiger partial charge < -0.3 is 9.15 Å². The van der Waals surface area contributed by atoms with Crippen LogP contribution >= 0.6 is 0 Å². The number of nitrogens with zero attached hydrogens (tertiary/aromatic N) is 2. The summed E-state index contributed by atoms with van der Waals surface area (Å²) in [5, 5.41) is 0. The lowest BCUT2D eigenvalue weighted by atomic mass is 10.1. The van der Waals surface area contributed by atoms with Gasteiger partial charge in [-0.3, -0.25) is 4.90 Å². The first kappa shape index (κ1) is 16.1. The third-order valence-corrected chi connectivity index (χ3v) is 4.52. The van der Waals surface area contributed by atoms with E-state index in [1.54, 1.807) is 0 Å². The Morgan fingerprint density at radius 2 is 1.48 bits per heavy atom. The zero-order chi connectivity index (χ0) is 16.9. The second-order valence-electron chi connectivity index (χ2n) is 6.23. The van der Waals surface area contributed by atoms with Crippen molar-refractivity contribution in [3.05, 3.63) is 66.4 Å². The Morgan fingerprint density at radius 3 is 2.16 bits per heavy atom. The number of rotatable bonds is 5. The van der Waals surface area contributed by atoms with Crippen LogP contribution in [0.2, 0.25) is 0 Å². The summed E-state index contributed by atoms with van der Waals surface area (Å²) in [4.78, 5) is 7.22. The van der Waals surface area contributed by atoms with Crippen LogP contribution in [-0.2, 0) is 11.2 Å². The number of hydrogen-bond donors (Lipinski definition) is 0. The number of morpholine rings is 1. The van der Waals surface area contributed by atoms with Gasteiger partial charge >= 0.3 is 0 Å². The predicted octanol–water partition coefficient (Wildman–Crippen LogP) is 3.88. The van der Waals surface area contributed by atoms with Crippen molar-refractivity contribution in [2.75, 3.05) is 32.8 Å². The van der Waals surface area contributed by atoms with E-state index in [1.165, 1.54) is 0 Å². The Balaban J connectivity index is 1.62. The molecule has 25 heavy (non-hydrogen) atoms. The molecule has 1 aliphatic rings. The molecule has 2 heterocycles. The SMILES string of the molecule is c1ccc(-c2nc(-c3ccccc3)c(CCN3CCOCC3)o2)cc1. The van der Waals surface area contributed by atoms with Crippen molar-refractivity contribution in [3.8, 4) is 22.7 Å². The zero-order valence-electron chi connectivity index (χ0n) is 14.2. The minimum Gasteiger partial charge on any atom is -0.440 e. The fourth-order valence-electron chi connectivity index (χ4n) is 3.13. The van der Waals surface area contributed by atoms with E-state index in [0.717, 1.165) is 61.8 Å². The van der Waals surface area contributed by atoms with Gasteiger partial charge in [0, 0.05) is 37.2 Å². The molecule has 2 aromatic carbocycles. The second kappa shape index (κ2) is 7.64. The maximum absolute atomic E-state index is 6.18. The van der Waals surface area contributed by atoms with Crippen LogP contribution in [0.5, 0.6) is 0 Å². The molecule has 1 aliphatic heterocycles. The molecule has 1 saturated heterocycles. The maximum Gasteiger partial charge on any atom is 0.226 e. The van der Waals surface area contributed by atoms with E-state index in [0.29, 0.717) is 5.89 Å². The summed E-state index contributed by atoms with van der Waals surface area (Å²) in [6.45, 7) is 4.57. The molecule has 4 nitrogen and oxygen atoms in total. The Hall–Kier alpha value is -2.43. The van der Waals surface area contributed by atoms with Gasteiger partial charge in [0.1, 0.15) is 11.5 Å². The molecule has 1 fully saturated rings. The third-order valence-electron chi connectivity index (χ3n) is 4.52. The molecule has 4 heteroatoms. The van der Waals surface area contributed by atoms with Crippen molar-refractivity contribution in [2.45, 2.75) is 6.42 Å². The predicted molar refractivity (Wildman–Crippen MR) is 98.3 cm³/mol. The minimum atomic E-state index is 0.691. The molecule has 0 N–H and O–H groups in total. The first-order valence-electron chi connectivity index (χ1n) is 8.81. The third kappa shape index (κ3) is 3.81. The number of ether oxygens (including phenoxy) is 1. The van der Waals surface area contributed by atoms with E-state index in [9.17, 15) is 0 Å². The van der Waals surface area contributed by atoms with Crippen molar-refractivity contribution < 1.29 is 9.15 Å². The van der Waals surface area contributed by atoms with Gasteiger partial charge in [0.15, 0.2) is 0 Å². The van der Waals surface area contributed by atoms with Crippen LogP contribution in [0.3, 0.4) is 0 Å². The Bertz CT molecular complexity index is 793. The van der Waals surface area contributed by atoms with Crippen molar-refractivity contribution in [3.63, 3.8) is 0 Å². The highest BCUT2D eigenvalue weighted by atomic mass is 16.5. The van der Waals surface area contributed by atoms with Crippen molar-refractivity contribution in [2.24, 2.45) is 0 Å². The highest BCUT2D eigenvalue weighted by molar-refractivity contribution is 5.65. The van der Waals surface area contributed by atoms with Gasteiger partial charge in [-0.2, -0.15) is 0 Å². The van der Waals surface area contributed by atoms with Crippen LogP contribution in [0.4, 0.5) is 0 Å². The number of aromatic nitrogens is 1. The van der Waals surface area contributed by atoms with Crippen LogP contribution in [0.15, 0.2) is 65.1 Å². The highest BCUT2D eigenvalue weighted by Gasteiger charge is 2.18. The van der Waals surface area contributed by atoms with Crippen LogP contribution in [0, 0.1) is 0 Å². The molecule has 0 spiro atoms. The van der Waals surface area contributed by atoms with E-state index in [1.807, 2.05) is 48.5 Å². The van der Waals surface area contributed by atoms with Gasteiger partial charge in [-0.15, -0.1) is 0 Å². The zero-order valence-corrected chi connectivity index (χ0v) is 14.2. The van der Waals surface area contributed by atoms with Crippen LogP contribution in [-0.4, -0.2) is 42.7 Å². The number of oxazole rings is 1. The second-order valence-corrected chi connectivity index (χ2v) is 6.23. The summed E-state index contributed by atoms with van der Waals surface area (Å²) in [5.41, 5.74) is 3.07. The normalized spacial score (nSPS) is 15.4. The monoisotopic (exact) mass is 334 g/mol. The first-order chi connectivity index (χ1) is 12.4. The standard InChI is InChI=1S/C21H22N2O2/c1-3-7-17(8-4-1)20-19(11-12-23-13-15-24-16-14-23)25-21(22-20)18-9-5-2-6-10-18/h1-10H,11-16H2.